The van der Waals surface area contributed by atoms with Gasteiger partial charge in [0.15, 0.2) is 0 Å². The van der Waals surface area contributed by atoms with E-state index in [1.807, 2.05) is 6.92 Å². The van der Waals surface area contributed by atoms with Crippen LogP contribution in [-0.4, -0.2) is 40.4 Å². The molecule has 0 radical (unpaired) electrons. The Hall–Kier alpha value is -0.680. The molecule has 4 nitrogen and oxygen atoms in total. The van der Waals surface area contributed by atoms with Crippen LogP contribution in [0, 0.1) is 11.3 Å². The predicted octanol–water partition coefficient (Wildman–Crippen LogP) is 3.09. The smallest absolute Gasteiger partial charge is 0.221 e. The van der Waals surface area contributed by atoms with Crippen molar-refractivity contribution in [3.05, 3.63) is 22.8 Å². The van der Waals surface area contributed by atoms with Gasteiger partial charge in [-0.15, -0.1) is 0 Å². The van der Waals surface area contributed by atoms with Crippen LogP contribution in [0.4, 0.5) is 0 Å². The minimum Gasteiger partial charge on any atom is -0.384 e. The summed E-state index contributed by atoms with van der Waals surface area (Å²) in [5.41, 5.74) is 2.60. The second kappa shape index (κ2) is 5.16. The Labute approximate surface area is 144 Å². The molecule has 134 valence electrons. The van der Waals surface area contributed by atoms with Gasteiger partial charge in [0.1, 0.15) is 6.10 Å². The van der Waals surface area contributed by atoms with Crippen LogP contribution < -0.4 is 0 Å². The lowest BCUT2D eigenvalue weighted by Gasteiger charge is -2.54. The summed E-state index contributed by atoms with van der Waals surface area (Å²) in [4.78, 5) is 0. The number of ether oxygens (including phenoxy) is 2. The molecule has 0 saturated carbocycles. The average Bonchev–Trinajstić information content (AvgIpc) is 2.88. The summed E-state index contributed by atoms with van der Waals surface area (Å²) in [6.45, 7) is 9.11. The number of fused-ring (bicyclic) bond motifs is 1. The summed E-state index contributed by atoms with van der Waals surface area (Å²) >= 11 is 0. The van der Waals surface area contributed by atoms with E-state index < -0.39 is 17.5 Å². The summed E-state index contributed by atoms with van der Waals surface area (Å²) in [6, 6.07) is 0. The number of allylic oxidation sites excluding steroid dienone is 2. The van der Waals surface area contributed by atoms with Crippen molar-refractivity contribution in [2.75, 3.05) is 6.61 Å². The quantitative estimate of drug-likeness (QED) is 0.669. The maximum absolute atomic E-state index is 11.3. The van der Waals surface area contributed by atoms with E-state index in [0.29, 0.717) is 18.9 Å². The number of aliphatic hydroxyl groups excluding tert-OH is 1. The normalized spacial score (nSPS) is 53.6. The van der Waals surface area contributed by atoms with Gasteiger partial charge in [-0.25, -0.2) is 0 Å². The fourth-order valence-electron chi connectivity index (χ4n) is 5.34. The van der Waals surface area contributed by atoms with Gasteiger partial charge in [0.05, 0.1) is 18.3 Å². The lowest BCUT2D eigenvalue weighted by molar-refractivity contribution is -0.304. The molecule has 0 spiro atoms. The van der Waals surface area contributed by atoms with Gasteiger partial charge in [-0.1, -0.05) is 25.5 Å². The lowest BCUT2D eigenvalue weighted by atomic mass is 9.60. The molecule has 6 rings (SSSR count). The Morgan fingerprint density at radius 3 is 2.75 bits per heavy atom. The molecule has 6 bridgehead atoms. The van der Waals surface area contributed by atoms with Gasteiger partial charge in [0.25, 0.3) is 0 Å². The van der Waals surface area contributed by atoms with Crippen molar-refractivity contribution in [3.8, 4) is 0 Å². The highest BCUT2D eigenvalue weighted by Gasteiger charge is 2.64. The number of hydrogen-bond acceptors (Lipinski definition) is 4. The predicted molar refractivity (Wildman–Crippen MR) is 91.3 cm³/mol. The summed E-state index contributed by atoms with van der Waals surface area (Å²) in [7, 11) is 0. The Bertz CT molecular complexity index is 623. The monoisotopic (exact) mass is 334 g/mol. The molecule has 0 aromatic carbocycles. The second-order valence-electron chi connectivity index (χ2n) is 8.84. The molecule has 6 atom stereocenters. The molecular formula is C20H30O4. The van der Waals surface area contributed by atoms with Gasteiger partial charge in [-0.2, -0.15) is 0 Å². The van der Waals surface area contributed by atoms with Crippen molar-refractivity contribution in [2.45, 2.75) is 83.4 Å². The molecule has 24 heavy (non-hydrogen) atoms. The third-order valence-electron chi connectivity index (χ3n) is 7.35. The van der Waals surface area contributed by atoms with Crippen LogP contribution >= 0.6 is 0 Å². The van der Waals surface area contributed by atoms with Crippen molar-refractivity contribution in [1.29, 1.82) is 0 Å². The molecule has 4 heteroatoms. The highest BCUT2D eigenvalue weighted by Crippen LogP contribution is 2.58. The lowest BCUT2D eigenvalue weighted by Crippen LogP contribution is -2.65. The molecule has 2 N–H and O–H groups in total. The van der Waals surface area contributed by atoms with Crippen molar-refractivity contribution in [2.24, 2.45) is 11.3 Å². The molecule has 4 heterocycles. The summed E-state index contributed by atoms with van der Waals surface area (Å²) in [6.07, 6.45) is 5.60. The fourth-order valence-corrected chi connectivity index (χ4v) is 5.34. The van der Waals surface area contributed by atoms with E-state index in [2.05, 4.69) is 26.8 Å². The minimum absolute atomic E-state index is 0.0125. The minimum atomic E-state index is -1.58. The van der Waals surface area contributed by atoms with Crippen molar-refractivity contribution < 1.29 is 19.7 Å². The van der Waals surface area contributed by atoms with E-state index in [4.69, 9.17) is 9.47 Å². The molecule has 0 aromatic heterocycles. The van der Waals surface area contributed by atoms with E-state index in [1.165, 1.54) is 11.1 Å². The van der Waals surface area contributed by atoms with Gasteiger partial charge in [0, 0.05) is 5.57 Å². The van der Waals surface area contributed by atoms with E-state index in [1.54, 1.807) is 0 Å². The second-order valence-corrected chi connectivity index (χ2v) is 8.84. The molecule has 0 unspecified atom stereocenters. The summed E-state index contributed by atoms with van der Waals surface area (Å²) < 4.78 is 12.3. The van der Waals surface area contributed by atoms with E-state index in [9.17, 15) is 10.2 Å². The van der Waals surface area contributed by atoms with Crippen LogP contribution in [0.1, 0.15) is 59.8 Å². The number of rotatable bonds is 0. The maximum atomic E-state index is 11.3. The van der Waals surface area contributed by atoms with Crippen LogP contribution in [0.5, 0.6) is 0 Å². The van der Waals surface area contributed by atoms with E-state index in [0.717, 1.165) is 31.3 Å². The average molecular weight is 334 g/mol. The van der Waals surface area contributed by atoms with Crippen molar-refractivity contribution in [3.63, 3.8) is 0 Å². The number of hydrogen-bond donors (Lipinski definition) is 2. The van der Waals surface area contributed by atoms with E-state index in [-0.39, 0.29) is 11.5 Å². The van der Waals surface area contributed by atoms with Gasteiger partial charge in [-0.3, -0.25) is 0 Å². The Morgan fingerprint density at radius 2 is 2.00 bits per heavy atom. The van der Waals surface area contributed by atoms with Gasteiger partial charge in [0.2, 0.25) is 5.79 Å². The van der Waals surface area contributed by atoms with Crippen LogP contribution in [0.25, 0.3) is 0 Å². The van der Waals surface area contributed by atoms with Crippen LogP contribution in [0.15, 0.2) is 22.8 Å². The zero-order valence-electron chi connectivity index (χ0n) is 15.3. The SMILES string of the molecule is C/C1=C/CC[C@]2(C)O[C@@H]3C[C@@H](C)[C@@](C)(CC1)C1=C3[C@](O)(OC1)[C@H]2O. The van der Waals surface area contributed by atoms with Crippen LogP contribution in [-0.2, 0) is 9.47 Å². The van der Waals surface area contributed by atoms with E-state index >= 15 is 0 Å². The van der Waals surface area contributed by atoms with Crippen LogP contribution in [0.2, 0.25) is 0 Å². The Morgan fingerprint density at radius 1 is 1.25 bits per heavy atom. The Balaban J connectivity index is 1.90. The first-order chi connectivity index (χ1) is 11.2. The molecule has 0 amide bonds. The first kappa shape index (κ1) is 16.8. The molecule has 1 fully saturated rings. The van der Waals surface area contributed by atoms with Gasteiger partial charge >= 0.3 is 0 Å². The molecule has 4 aliphatic heterocycles. The highest BCUT2D eigenvalue weighted by molar-refractivity contribution is 5.41. The van der Waals surface area contributed by atoms with Gasteiger partial charge in [-0.05, 0) is 62.9 Å². The van der Waals surface area contributed by atoms with Crippen molar-refractivity contribution in [1.82, 2.24) is 0 Å². The largest absolute Gasteiger partial charge is 0.384 e. The first-order valence-electron chi connectivity index (χ1n) is 9.32. The number of aliphatic hydroxyl groups is 2. The molecular weight excluding hydrogens is 304 g/mol. The molecule has 2 aliphatic carbocycles. The topological polar surface area (TPSA) is 58.9 Å². The summed E-state index contributed by atoms with van der Waals surface area (Å²) in [5.74, 6) is -1.12. The zero-order valence-corrected chi connectivity index (χ0v) is 15.3. The third-order valence-corrected chi connectivity index (χ3v) is 7.35. The van der Waals surface area contributed by atoms with Gasteiger partial charge < -0.3 is 19.7 Å². The molecule has 0 aromatic rings. The zero-order chi connectivity index (χ0) is 17.3. The molecule has 6 aliphatic rings. The standard InChI is InChI=1S/C20H30O4/c1-12-6-5-8-19(4)17(21)20(22)16-14(11-23-20)18(3,9-7-12)13(2)10-15(16)24-19/h6,13,15,17,21-22H,5,7-11H2,1-4H3/b12-6-/t13-,15-,17+,18-,19+,20+/m1/s1. The van der Waals surface area contributed by atoms with Crippen LogP contribution in [0.3, 0.4) is 0 Å². The summed E-state index contributed by atoms with van der Waals surface area (Å²) in [5, 5.41) is 22.3. The third kappa shape index (κ3) is 2.06. The van der Waals surface area contributed by atoms with Crippen molar-refractivity contribution >= 4 is 0 Å². The molecule has 1 saturated heterocycles. The fraction of sp³-hybridized carbons (Fsp3) is 0.800. The maximum Gasteiger partial charge on any atom is 0.221 e. The Kier molecular flexibility index (Phi) is 3.61. The highest BCUT2D eigenvalue weighted by atomic mass is 16.7. The first-order valence-corrected chi connectivity index (χ1v) is 9.32.